The minimum absolute atomic E-state index is 0.115. The molecule has 3 aromatic rings. The lowest BCUT2D eigenvalue weighted by molar-refractivity contribution is 0.0929. The third-order valence-electron chi connectivity index (χ3n) is 5.50. The Morgan fingerprint density at radius 1 is 1.17 bits per heavy atom. The second-order valence-electron chi connectivity index (χ2n) is 7.45. The fourth-order valence-electron chi connectivity index (χ4n) is 3.92. The Bertz CT molecular complexity index is 1030. The van der Waals surface area contributed by atoms with Crippen molar-refractivity contribution in [3.63, 3.8) is 0 Å². The molecule has 1 aromatic carbocycles. The lowest BCUT2D eigenvalue weighted by atomic mass is 9.95. The van der Waals surface area contributed by atoms with E-state index in [1.165, 1.54) is 19.3 Å². The summed E-state index contributed by atoms with van der Waals surface area (Å²) in [4.78, 5) is 17.4. The van der Waals surface area contributed by atoms with Gasteiger partial charge in [0.2, 0.25) is 0 Å². The van der Waals surface area contributed by atoms with Gasteiger partial charge in [0.15, 0.2) is 17.1 Å². The second-order valence-corrected chi connectivity index (χ2v) is 7.45. The number of nitrogens with one attached hydrogen (secondary N) is 2. The van der Waals surface area contributed by atoms with E-state index in [-0.39, 0.29) is 11.9 Å². The highest BCUT2D eigenvalue weighted by atomic mass is 16.5. The molecular formula is C22H27N5O3. The molecule has 8 heteroatoms. The van der Waals surface area contributed by atoms with Gasteiger partial charge >= 0.3 is 0 Å². The van der Waals surface area contributed by atoms with Crippen LogP contribution < -0.4 is 20.1 Å². The molecule has 2 heterocycles. The van der Waals surface area contributed by atoms with E-state index in [1.807, 2.05) is 24.3 Å². The summed E-state index contributed by atoms with van der Waals surface area (Å²) < 4.78 is 12.5. The summed E-state index contributed by atoms with van der Waals surface area (Å²) in [5, 5.41) is 10.7. The van der Waals surface area contributed by atoms with Crippen molar-refractivity contribution in [2.24, 2.45) is 0 Å². The topological polar surface area (TPSA) is 89.8 Å². The molecule has 0 radical (unpaired) electrons. The van der Waals surface area contributed by atoms with E-state index in [9.17, 15) is 4.79 Å². The van der Waals surface area contributed by atoms with E-state index in [0.717, 1.165) is 18.4 Å². The van der Waals surface area contributed by atoms with Gasteiger partial charge in [-0.25, -0.2) is 9.50 Å². The van der Waals surface area contributed by atoms with Crippen molar-refractivity contribution in [2.45, 2.75) is 44.7 Å². The smallest absolute Gasteiger partial charge is 0.256 e. The zero-order valence-electron chi connectivity index (χ0n) is 17.4. The largest absolute Gasteiger partial charge is 0.493 e. The van der Waals surface area contributed by atoms with Crippen LogP contribution in [0.2, 0.25) is 0 Å². The van der Waals surface area contributed by atoms with Gasteiger partial charge in [-0.2, -0.15) is 5.10 Å². The SMILES string of the molecule is COc1cccc(CNc2ccn3ncc(C(=O)NC4CCCCC4)c3n2)c1OC. The molecule has 2 N–H and O–H groups in total. The molecule has 0 atom stereocenters. The average Bonchev–Trinajstić information content (AvgIpc) is 3.21. The highest BCUT2D eigenvalue weighted by molar-refractivity contribution is 5.99. The van der Waals surface area contributed by atoms with Crippen molar-refractivity contribution in [3.8, 4) is 11.5 Å². The van der Waals surface area contributed by atoms with E-state index >= 15 is 0 Å². The number of nitrogens with zero attached hydrogens (tertiary/aromatic N) is 3. The van der Waals surface area contributed by atoms with Gasteiger partial charge in [-0.15, -0.1) is 0 Å². The van der Waals surface area contributed by atoms with Crippen molar-refractivity contribution < 1.29 is 14.3 Å². The number of anilines is 1. The van der Waals surface area contributed by atoms with Crippen LogP contribution in [0, 0.1) is 0 Å². The van der Waals surface area contributed by atoms with E-state index in [4.69, 9.17) is 9.47 Å². The lowest BCUT2D eigenvalue weighted by Crippen LogP contribution is -2.36. The number of hydrogen-bond acceptors (Lipinski definition) is 6. The minimum atomic E-state index is -0.115. The molecule has 158 valence electrons. The first kappa shape index (κ1) is 20.0. The number of methoxy groups -OCH3 is 2. The number of fused-ring (bicyclic) bond motifs is 1. The quantitative estimate of drug-likeness (QED) is 0.622. The lowest BCUT2D eigenvalue weighted by Gasteiger charge is -2.22. The maximum absolute atomic E-state index is 12.8. The van der Waals surface area contributed by atoms with Crippen LogP contribution >= 0.6 is 0 Å². The number of ether oxygens (including phenoxy) is 2. The Hall–Kier alpha value is -3.29. The zero-order valence-corrected chi connectivity index (χ0v) is 17.4. The van der Waals surface area contributed by atoms with Crippen molar-refractivity contribution in [3.05, 3.63) is 47.8 Å². The molecule has 1 fully saturated rings. The van der Waals surface area contributed by atoms with E-state index in [2.05, 4.69) is 20.7 Å². The number of rotatable bonds is 7. The molecule has 30 heavy (non-hydrogen) atoms. The highest BCUT2D eigenvalue weighted by Gasteiger charge is 2.20. The number of amides is 1. The van der Waals surface area contributed by atoms with Gasteiger partial charge in [-0.1, -0.05) is 31.4 Å². The van der Waals surface area contributed by atoms with Crippen molar-refractivity contribution in [1.82, 2.24) is 19.9 Å². The molecule has 1 aliphatic carbocycles. The van der Waals surface area contributed by atoms with E-state index < -0.39 is 0 Å². The average molecular weight is 409 g/mol. The predicted molar refractivity (Wildman–Crippen MR) is 114 cm³/mol. The van der Waals surface area contributed by atoms with Gasteiger partial charge in [0, 0.05) is 24.3 Å². The summed E-state index contributed by atoms with van der Waals surface area (Å²) in [6, 6.07) is 7.81. The van der Waals surface area contributed by atoms with Crippen molar-refractivity contribution in [1.29, 1.82) is 0 Å². The van der Waals surface area contributed by atoms with Crippen LogP contribution in [0.1, 0.15) is 48.0 Å². The number of benzene rings is 1. The van der Waals surface area contributed by atoms with E-state index in [1.54, 1.807) is 31.1 Å². The summed E-state index contributed by atoms with van der Waals surface area (Å²) in [6.07, 6.45) is 9.03. The summed E-state index contributed by atoms with van der Waals surface area (Å²) >= 11 is 0. The Morgan fingerprint density at radius 2 is 2.00 bits per heavy atom. The number of hydrogen-bond donors (Lipinski definition) is 2. The van der Waals surface area contributed by atoms with Gasteiger partial charge in [-0.3, -0.25) is 4.79 Å². The van der Waals surface area contributed by atoms with Crippen LogP contribution in [0.3, 0.4) is 0 Å². The Kier molecular flexibility index (Phi) is 6.02. The number of aromatic nitrogens is 3. The maximum Gasteiger partial charge on any atom is 0.256 e. The number of carbonyl (C=O) groups excluding carboxylic acids is 1. The Morgan fingerprint density at radius 3 is 2.77 bits per heavy atom. The van der Waals surface area contributed by atoms with Crippen LogP contribution in [0.15, 0.2) is 36.7 Å². The summed E-state index contributed by atoms with van der Waals surface area (Å²) in [5.74, 6) is 1.90. The van der Waals surface area contributed by atoms with Crippen LogP contribution in [0.4, 0.5) is 5.82 Å². The molecule has 0 saturated heterocycles. The Labute approximate surface area is 175 Å². The monoisotopic (exact) mass is 409 g/mol. The first-order valence-corrected chi connectivity index (χ1v) is 10.3. The van der Waals surface area contributed by atoms with Crippen molar-refractivity contribution >= 4 is 17.4 Å². The first-order valence-electron chi connectivity index (χ1n) is 10.3. The van der Waals surface area contributed by atoms with Gasteiger partial charge in [0.25, 0.3) is 5.91 Å². The minimum Gasteiger partial charge on any atom is -0.493 e. The molecular weight excluding hydrogens is 382 g/mol. The molecule has 1 saturated carbocycles. The Balaban J connectivity index is 1.51. The third kappa shape index (κ3) is 4.17. The molecule has 2 aromatic heterocycles. The molecule has 1 amide bonds. The van der Waals surface area contributed by atoms with E-state index in [0.29, 0.717) is 35.1 Å². The van der Waals surface area contributed by atoms with Gasteiger partial charge in [-0.05, 0) is 25.0 Å². The molecule has 1 aliphatic rings. The van der Waals surface area contributed by atoms with Gasteiger partial charge < -0.3 is 20.1 Å². The molecule has 0 unspecified atom stereocenters. The van der Waals surface area contributed by atoms with Gasteiger partial charge in [0.1, 0.15) is 11.4 Å². The van der Waals surface area contributed by atoms with Gasteiger partial charge in [0.05, 0.1) is 20.4 Å². The molecule has 0 aliphatic heterocycles. The van der Waals surface area contributed by atoms with Crippen LogP contribution in [-0.2, 0) is 6.54 Å². The molecule has 0 bridgehead atoms. The molecule has 0 spiro atoms. The number of para-hydroxylation sites is 1. The van der Waals surface area contributed by atoms with Crippen LogP contribution in [0.5, 0.6) is 11.5 Å². The number of carbonyl (C=O) groups is 1. The zero-order chi connectivity index (χ0) is 20.9. The summed E-state index contributed by atoms with van der Waals surface area (Å²) in [5.41, 5.74) is 1.97. The summed E-state index contributed by atoms with van der Waals surface area (Å²) in [6.45, 7) is 0.501. The van der Waals surface area contributed by atoms with Crippen molar-refractivity contribution in [2.75, 3.05) is 19.5 Å². The molecule has 8 nitrogen and oxygen atoms in total. The fraction of sp³-hybridized carbons (Fsp3) is 0.409. The predicted octanol–water partition coefficient (Wildman–Crippen LogP) is 3.42. The maximum atomic E-state index is 12.8. The standard InChI is InChI=1S/C22H27N5O3/c1-29-18-10-6-7-15(20(18)30-2)13-23-19-11-12-27-21(26-19)17(14-24-27)22(28)25-16-8-4-3-5-9-16/h6-7,10-12,14,16H,3-5,8-9,13H2,1-2H3,(H,23,26)(H,25,28). The molecule has 4 rings (SSSR count). The second kappa shape index (κ2) is 9.02. The normalized spacial score (nSPS) is 14.5. The van der Waals surface area contributed by atoms with Crippen LogP contribution in [0.25, 0.3) is 5.65 Å². The fourth-order valence-corrected chi connectivity index (χ4v) is 3.92. The van der Waals surface area contributed by atoms with Crippen LogP contribution in [-0.4, -0.2) is 40.8 Å². The highest BCUT2D eigenvalue weighted by Crippen LogP contribution is 2.31. The summed E-state index contributed by atoms with van der Waals surface area (Å²) in [7, 11) is 3.24. The third-order valence-corrected chi connectivity index (χ3v) is 5.50. The first-order chi connectivity index (χ1) is 14.7.